The van der Waals surface area contributed by atoms with Crippen LogP contribution in [0.3, 0.4) is 0 Å². The molecule has 0 radical (unpaired) electrons. The van der Waals surface area contributed by atoms with Gasteiger partial charge >= 0.3 is 0 Å². The predicted molar refractivity (Wildman–Crippen MR) is 75.9 cm³/mol. The van der Waals surface area contributed by atoms with E-state index in [1.807, 2.05) is 0 Å². The van der Waals surface area contributed by atoms with E-state index in [0.717, 1.165) is 31.5 Å². The van der Waals surface area contributed by atoms with Crippen molar-refractivity contribution in [3.8, 4) is 0 Å². The van der Waals surface area contributed by atoms with Crippen molar-refractivity contribution in [2.45, 2.75) is 70.6 Å². The highest BCUT2D eigenvalue weighted by atomic mass is 32.1. The van der Waals surface area contributed by atoms with E-state index >= 15 is 0 Å². The van der Waals surface area contributed by atoms with Gasteiger partial charge < -0.3 is 10.4 Å². The van der Waals surface area contributed by atoms with Gasteiger partial charge in [0.2, 0.25) is 0 Å². The van der Waals surface area contributed by atoms with E-state index in [2.05, 4.69) is 36.5 Å². The van der Waals surface area contributed by atoms with E-state index in [1.54, 1.807) is 11.3 Å². The van der Waals surface area contributed by atoms with Crippen LogP contribution in [0.1, 0.15) is 57.2 Å². The van der Waals surface area contributed by atoms with Gasteiger partial charge in [0.25, 0.3) is 0 Å². The number of hydrogen-bond donors (Lipinski definition) is 2. The van der Waals surface area contributed by atoms with Gasteiger partial charge in [0.15, 0.2) is 0 Å². The van der Waals surface area contributed by atoms with Crippen LogP contribution in [0.4, 0.5) is 0 Å². The monoisotopic (exact) mass is 268 g/mol. The largest absolute Gasteiger partial charge is 0.393 e. The third kappa shape index (κ3) is 3.77. The van der Waals surface area contributed by atoms with E-state index in [1.165, 1.54) is 11.4 Å². The van der Waals surface area contributed by atoms with Crippen molar-refractivity contribution in [3.63, 3.8) is 0 Å². The zero-order chi connectivity index (χ0) is 13.2. The number of aromatic nitrogens is 1. The molecule has 18 heavy (non-hydrogen) atoms. The Morgan fingerprint density at radius 1 is 1.44 bits per heavy atom. The van der Waals surface area contributed by atoms with E-state index in [4.69, 9.17) is 0 Å². The summed E-state index contributed by atoms with van der Waals surface area (Å²) in [5, 5.41) is 16.5. The summed E-state index contributed by atoms with van der Waals surface area (Å²) in [6, 6.07) is 0.452. The molecule has 1 fully saturated rings. The van der Waals surface area contributed by atoms with E-state index in [-0.39, 0.29) is 11.5 Å². The number of nitrogens with zero attached hydrogens (tertiary/aromatic N) is 1. The zero-order valence-corrected chi connectivity index (χ0v) is 12.4. The molecule has 0 bridgehead atoms. The number of rotatable bonds is 3. The molecule has 2 rings (SSSR count). The maximum atomic E-state index is 9.63. The maximum Gasteiger partial charge on any atom is 0.0982 e. The van der Waals surface area contributed by atoms with Gasteiger partial charge in [0.05, 0.1) is 16.8 Å². The van der Waals surface area contributed by atoms with Crippen molar-refractivity contribution >= 4 is 11.3 Å². The van der Waals surface area contributed by atoms with Crippen LogP contribution in [0.25, 0.3) is 0 Å². The number of nitrogens with one attached hydrogen (secondary N) is 1. The summed E-state index contributed by atoms with van der Waals surface area (Å²) in [7, 11) is 0. The molecule has 1 aliphatic carbocycles. The Balaban J connectivity index is 1.85. The fourth-order valence-electron chi connectivity index (χ4n) is 2.33. The number of thiazole rings is 1. The molecule has 0 aromatic carbocycles. The first-order valence-corrected chi connectivity index (χ1v) is 7.69. The first-order chi connectivity index (χ1) is 8.45. The fourth-order valence-corrected chi connectivity index (χ4v) is 3.24. The third-order valence-corrected chi connectivity index (χ3v) is 4.73. The molecular formula is C14H24N2OS. The Hall–Kier alpha value is -0.450. The SMILES string of the molecule is CC(C)(C)c1nc(CNC2CCCC(O)C2)cs1. The van der Waals surface area contributed by atoms with Crippen LogP contribution in [0.15, 0.2) is 5.38 Å². The third-order valence-electron chi connectivity index (χ3n) is 3.41. The molecule has 1 saturated carbocycles. The highest BCUT2D eigenvalue weighted by Crippen LogP contribution is 2.25. The van der Waals surface area contributed by atoms with E-state index < -0.39 is 0 Å². The Bertz CT molecular complexity index is 383. The van der Waals surface area contributed by atoms with Gasteiger partial charge in [-0.05, 0) is 25.7 Å². The minimum Gasteiger partial charge on any atom is -0.393 e. The Morgan fingerprint density at radius 2 is 2.22 bits per heavy atom. The molecule has 0 saturated heterocycles. The van der Waals surface area contributed by atoms with E-state index in [0.29, 0.717) is 6.04 Å². The summed E-state index contributed by atoms with van der Waals surface area (Å²) in [4.78, 5) is 4.68. The molecule has 2 atom stereocenters. The molecule has 1 aliphatic rings. The molecule has 4 heteroatoms. The second-order valence-electron chi connectivity index (χ2n) is 6.29. The molecule has 1 aromatic rings. The summed E-state index contributed by atoms with van der Waals surface area (Å²) in [6.07, 6.45) is 4.03. The molecule has 0 amide bonds. The molecule has 3 nitrogen and oxygen atoms in total. The van der Waals surface area contributed by atoms with Crippen molar-refractivity contribution in [1.29, 1.82) is 0 Å². The summed E-state index contributed by atoms with van der Waals surface area (Å²) in [5.41, 5.74) is 1.27. The van der Waals surface area contributed by atoms with Gasteiger partial charge in [0, 0.05) is 23.4 Å². The second kappa shape index (κ2) is 5.68. The minimum absolute atomic E-state index is 0.114. The standard InChI is InChI=1S/C14H24N2OS/c1-14(2,3)13-16-11(9-18-13)8-15-10-5-4-6-12(17)7-10/h9-10,12,15,17H,4-8H2,1-3H3. The number of aliphatic hydroxyl groups excluding tert-OH is 1. The fraction of sp³-hybridized carbons (Fsp3) is 0.786. The predicted octanol–water partition coefficient (Wildman–Crippen LogP) is 2.83. The van der Waals surface area contributed by atoms with Gasteiger partial charge in [-0.2, -0.15) is 0 Å². The van der Waals surface area contributed by atoms with Gasteiger partial charge in [0.1, 0.15) is 0 Å². The van der Waals surface area contributed by atoms with Crippen LogP contribution < -0.4 is 5.32 Å². The first kappa shape index (κ1) is 14.0. The zero-order valence-electron chi connectivity index (χ0n) is 11.6. The van der Waals surface area contributed by atoms with Crippen molar-refractivity contribution in [3.05, 3.63) is 16.1 Å². The molecule has 2 N–H and O–H groups in total. The van der Waals surface area contributed by atoms with Gasteiger partial charge in [-0.1, -0.05) is 20.8 Å². The molecule has 1 aromatic heterocycles. The van der Waals surface area contributed by atoms with Crippen molar-refractivity contribution in [1.82, 2.24) is 10.3 Å². The highest BCUT2D eigenvalue weighted by molar-refractivity contribution is 7.09. The molecular weight excluding hydrogens is 244 g/mol. The highest BCUT2D eigenvalue weighted by Gasteiger charge is 2.21. The normalized spacial score (nSPS) is 25.3. The quantitative estimate of drug-likeness (QED) is 0.886. The Morgan fingerprint density at radius 3 is 2.83 bits per heavy atom. The lowest BCUT2D eigenvalue weighted by Crippen LogP contribution is -2.35. The Kier molecular flexibility index (Phi) is 4.41. The van der Waals surface area contributed by atoms with Gasteiger partial charge in [-0.25, -0.2) is 4.98 Å². The Labute approximate surface area is 114 Å². The lowest BCUT2D eigenvalue weighted by Gasteiger charge is -2.26. The van der Waals surface area contributed by atoms with Crippen LogP contribution in [-0.4, -0.2) is 22.2 Å². The van der Waals surface area contributed by atoms with Gasteiger partial charge in [-0.15, -0.1) is 11.3 Å². The molecule has 1 heterocycles. The average molecular weight is 268 g/mol. The van der Waals surface area contributed by atoms with Crippen LogP contribution >= 0.6 is 11.3 Å². The molecule has 2 unspecified atom stereocenters. The smallest absolute Gasteiger partial charge is 0.0982 e. The summed E-state index contributed by atoms with van der Waals surface area (Å²) in [6.45, 7) is 7.41. The second-order valence-corrected chi connectivity index (χ2v) is 7.15. The molecule has 102 valence electrons. The van der Waals surface area contributed by atoms with Crippen LogP contribution in [-0.2, 0) is 12.0 Å². The van der Waals surface area contributed by atoms with Gasteiger partial charge in [-0.3, -0.25) is 0 Å². The lowest BCUT2D eigenvalue weighted by molar-refractivity contribution is 0.111. The van der Waals surface area contributed by atoms with Crippen LogP contribution in [0.5, 0.6) is 0 Å². The summed E-state index contributed by atoms with van der Waals surface area (Å²) in [5.74, 6) is 0. The van der Waals surface area contributed by atoms with Crippen molar-refractivity contribution < 1.29 is 5.11 Å². The number of hydrogen-bond acceptors (Lipinski definition) is 4. The summed E-state index contributed by atoms with van der Waals surface area (Å²) < 4.78 is 0. The first-order valence-electron chi connectivity index (χ1n) is 6.81. The summed E-state index contributed by atoms with van der Waals surface area (Å²) >= 11 is 1.74. The lowest BCUT2D eigenvalue weighted by atomic mass is 9.93. The topological polar surface area (TPSA) is 45.2 Å². The maximum absolute atomic E-state index is 9.63. The van der Waals surface area contributed by atoms with Crippen molar-refractivity contribution in [2.75, 3.05) is 0 Å². The van der Waals surface area contributed by atoms with E-state index in [9.17, 15) is 5.11 Å². The molecule has 0 spiro atoms. The average Bonchev–Trinajstić information content (AvgIpc) is 2.74. The molecule has 0 aliphatic heterocycles. The minimum atomic E-state index is -0.114. The van der Waals surface area contributed by atoms with Crippen LogP contribution in [0, 0.1) is 0 Å². The number of aliphatic hydroxyl groups is 1. The van der Waals surface area contributed by atoms with Crippen molar-refractivity contribution in [2.24, 2.45) is 0 Å². The van der Waals surface area contributed by atoms with Crippen LogP contribution in [0.2, 0.25) is 0 Å².